The van der Waals surface area contributed by atoms with Crippen molar-refractivity contribution in [2.24, 2.45) is 0 Å². The van der Waals surface area contributed by atoms with Gasteiger partial charge in [0.05, 0.1) is 0 Å². The molecule has 5 aromatic rings. The van der Waals surface area contributed by atoms with Crippen molar-refractivity contribution in [2.75, 3.05) is 5.73 Å². The van der Waals surface area contributed by atoms with Crippen LogP contribution in [0.3, 0.4) is 0 Å². The molecule has 0 aliphatic heterocycles. The normalized spacial score (nSPS) is 11.2. The Bertz CT molecular complexity index is 1240. The topological polar surface area (TPSA) is 39.2 Å². The largest absolute Gasteiger partial charge is 0.456 e. The molecule has 0 saturated heterocycles. The highest BCUT2D eigenvalue weighted by Gasteiger charge is 2.17. The molecular weight excluding hydrogens is 318 g/mol. The summed E-state index contributed by atoms with van der Waals surface area (Å²) in [5.74, 6) is 0. The summed E-state index contributed by atoms with van der Waals surface area (Å²) in [6, 6.07) is 30.8. The predicted molar refractivity (Wildman–Crippen MR) is 109 cm³/mol. The molecule has 0 fully saturated rings. The Morgan fingerprint density at radius 1 is 0.577 bits per heavy atom. The second kappa shape index (κ2) is 5.78. The smallest absolute Gasteiger partial charge is 0.136 e. The van der Waals surface area contributed by atoms with E-state index in [1.165, 1.54) is 0 Å². The molecule has 0 aliphatic carbocycles. The molecule has 2 nitrogen and oxygen atoms in total. The molecule has 26 heavy (non-hydrogen) atoms. The fourth-order valence-corrected chi connectivity index (χ4v) is 3.71. The molecule has 5 rings (SSSR count). The zero-order chi connectivity index (χ0) is 17.5. The van der Waals surface area contributed by atoms with Crippen LogP contribution in [0.5, 0.6) is 0 Å². The minimum atomic E-state index is 0.768. The van der Waals surface area contributed by atoms with Gasteiger partial charge in [0, 0.05) is 22.0 Å². The van der Waals surface area contributed by atoms with Crippen LogP contribution in [0.15, 0.2) is 95.4 Å². The van der Waals surface area contributed by atoms with E-state index in [4.69, 9.17) is 10.2 Å². The van der Waals surface area contributed by atoms with Crippen LogP contribution in [0.4, 0.5) is 5.69 Å². The number of fused-ring (bicyclic) bond motifs is 3. The van der Waals surface area contributed by atoms with E-state index in [9.17, 15) is 0 Å². The predicted octanol–water partition coefficient (Wildman–Crippen LogP) is 6.50. The van der Waals surface area contributed by atoms with E-state index in [-0.39, 0.29) is 0 Å². The first kappa shape index (κ1) is 14.8. The van der Waals surface area contributed by atoms with Gasteiger partial charge in [-0.25, -0.2) is 0 Å². The van der Waals surface area contributed by atoms with Gasteiger partial charge in [0.2, 0.25) is 0 Å². The third-order valence-corrected chi connectivity index (χ3v) is 4.85. The molecule has 0 atom stereocenters. The summed E-state index contributed by atoms with van der Waals surface area (Å²) >= 11 is 0. The van der Waals surface area contributed by atoms with Crippen LogP contribution < -0.4 is 5.73 Å². The molecule has 0 saturated carbocycles. The van der Waals surface area contributed by atoms with E-state index in [0.29, 0.717) is 0 Å². The third-order valence-electron chi connectivity index (χ3n) is 4.85. The van der Waals surface area contributed by atoms with Crippen molar-refractivity contribution in [1.82, 2.24) is 0 Å². The molecule has 0 radical (unpaired) electrons. The maximum Gasteiger partial charge on any atom is 0.136 e. The van der Waals surface area contributed by atoms with Crippen LogP contribution >= 0.6 is 0 Å². The molecule has 0 aliphatic rings. The van der Waals surface area contributed by atoms with Gasteiger partial charge in [-0.2, -0.15) is 0 Å². The summed E-state index contributed by atoms with van der Waals surface area (Å²) in [5.41, 5.74) is 13.4. The zero-order valence-corrected chi connectivity index (χ0v) is 14.1. The van der Waals surface area contributed by atoms with Crippen molar-refractivity contribution in [3.8, 4) is 22.3 Å². The van der Waals surface area contributed by atoms with E-state index >= 15 is 0 Å². The van der Waals surface area contributed by atoms with Crippen LogP contribution in [-0.2, 0) is 0 Å². The molecule has 124 valence electrons. The number of nitrogens with two attached hydrogens (primary N) is 1. The second-order valence-corrected chi connectivity index (χ2v) is 6.41. The summed E-state index contributed by atoms with van der Waals surface area (Å²) < 4.78 is 6.06. The van der Waals surface area contributed by atoms with E-state index < -0.39 is 0 Å². The first-order valence-corrected chi connectivity index (χ1v) is 8.67. The van der Waals surface area contributed by atoms with Gasteiger partial charge in [-0.3, -0.25) is 0 Å². The lowest BCUT2D eigenvalue weighted by atomic mass is 9.90. The third kappa shape index (κ3) is 2.20. The minimum Gasteiger partial charge on any atom is -0.456 e. The van der Waals surface area contributed by atoms with Crippen molar-refractivity contribution in [3.63, 3.8) is 0 Å². The maximum absolute atomic E-state index is 6.46. The number of rotatable bonds is 2. The Kier molecular flexibility index (Phi) is 3.29. The van der Waals surface area contributed by atoms with Crippen LogP contribution in [0.25, 0.3) is 44.2 Å². The van der Waals surface area contributed by atoms with Crippen molar-refractivity contribution >= 4 is 27.6 Å². The average Bonchev–Trinajstić information content (AvgIpc) is 3.07. The first-order valence-electron chi connectivity index (χ1n) is 8.67. The lowest BCUT2D eigenvalue weighted by Gasteiger charge is -2.14. The molecule has 2 heteroatoms. The van der Waals surface area contributed by atoms with Crippen molar-refractivity contribution in [2.45, 2.75) is 0 Å². The molecule has 0 spiro atoms. The lowest BCUT2D eigenvalue weighted by molar-refractivity contribution is 0.669. The molecular formula is C24H17NO. The standard InChI is InChI=1S/C24H17NO/c25-20-13-6-11-17(16-8-2-1-3-9-16)23(20)19-12-7-15-22-24(19)18-10-4-5-14-21(18)26-22/h1-15H,25H2. The zero-order valence-electron chi connectivity index (χ0n) is 14.1. The number of hydrogen-bond acceptors (Lipinski definition) is 2. The molecule has 0 bridgehead atoms. The van der Waals surface area contributed by atoms with Crippen molar-refractivity contribution < 1.29 is 4.42 Å². The SMILES string of the molecule is Nc1cccc(-c2ccccc2)c1-c1cccc2oc3ccccc3c12. The molecule has 4 aromatic carbocycles. The Morgan fingerprint density at radius 3 is 2.15 bits per heavy atom. The first-order chi connectivity index (χ1) is 12.8. The Balaban J connectivity index is 1.90. The van der Waals surface area contributed by atoms with Gasteiger partial charge in [-0.1, -0.05) is 72.8 Å². The van der Waals surface area contributed by atoms with Crippen molar-refractivity contribution in [3.05, 3.63) is 91.0 Å². The van der Waals surface area contributed by atoms with Gasteiger partial charge in [0.1, 0.15) is 11.2 Å². The fourth-order valence-electron chi connectivity index (χ4n) is 3.71. The number of nitrogen functional groups attached to an aromatic ring is 1. The highest BCUT2D eigenvalue weighted by atomic mass is 16.3. The van der Waals surface area contributed by atoms with Gasteiger partial charge >= 0.3 is 0 Å². The summed E-state index contributed by atoms with van der Waals surface area (Å²) in [5, 5.41) is 2.22. The molecule has 1 aromatic heterocycles. The number of furan rings is 1. The Hall–Kier alpha value is -3.52. The number of hydrogen-bond donors (Lipinski definition) is 1. The summed E-state index contributed by atoms with van der Waals surface area (Å²) in [6.45, 7) is 0. The van der Waals surface area contributed by atoms with Gasteiger partial charge in [-0.15, -0.1) is 0 Å². The van der Waals surface area contributed by atoms with Gasteiger partial charge in [0.25, 0.3) is 0 Å². The number of benzene rings is 4. The Morgan fingerprint density at radius 2 is 1.27 bits per heavy atom. The van der Waals surface area contributed by atoms with Gasteiger partial charge < -0.3 is 10.2 Å². The molecule has 0 unspecified atom stereocenters. The minimum absolute atomic E-state index is 0.768. The second-order valence-electron chi connectivity index (χ2n) is 6.41. The average molecular weight is 335 g/mol. The monoisotopic (exact) mass is 335 g/mol. The van der Waals surface area contributed by atoms with Crippen LogP contribution in [-0.4, -0.2) is 0 Å². The lowest BCUT2D eigenvalue weighted by Crippen LogP contribution is -1.93. The molecule has 1 heterocycles. The van der Waals surface area contributed by atoms with Crippen LogP contribution in [0.2, 0.25) is 0 Å². The molecule has 2 N–H and O–H groups in total. The highest BCUT2D eigenvalue weighted by Crippen LogP contribution is 2.42. The fraction of sp³-hybridized carbons (Fsp3) is 0. The highest BCUT2D eigenvalue weighted by molar-refractivity contribution is 6.14. The van der Waals surface area contributed by atoms with E-state index in [0.717, 1.165) is 49.9 Å². The Labute approximate surface area is 151 Å². The van der Waals surface area contributed by atoms with Crippen LogP contribution in [0, 0.1) is 0 Å². The van der Waals surface area contributed by atoms with Gasteiger partial charge in [-0.05, 0) is 34.9 Å². The molecule has 0 amide bonds. The summed E-state index contributed by atoms with van der Waals surface area (Å²) in [6.07, 6.45) is 0. The number of anilines is 1. The summed E-state index contributed by atoms with van der Waals surface area (Å²) in [4.78, 5) is 0. The quantitative estimate of drug-likeness (QED) is 0.374. The van der Waals surface area contributed by atoms with E-state index in [1.807, 2.05) is 48.5 Å². The van der Waals surface area contributed by atoms with E-state index in [1.54, 1.807) is 0 Å². The van der Waals surface area contributed by atoms with Crippen molar-refractivity contribution in [1.29, 1.82) is 0 Å². The summed E-state index contributed by atoms with van der Waals surface area (Å²) in [7, 11) is 0. The van der Waals surface area contributed by atoms with Crippen LogP contribution in [0.1, 0.15) is 0 Å². The van der Waals surface area contributed by atoms with E-state index in [2.05, 4.69) is 42.5 Å². The van der Waals surface area contributed by atoms with Gasteiger partial charge in [0.15, 0.2) is 0 Å². The number of para-hydroxylation sites is 1. The maximum atomic E-state index is 6.46.